The van der Waals surface area contributed by atoms with Crippen molar-refractivity contribution >= 4 is 40.8 Å². The van der Waals surface area contributed by atoms with Crippen LogP contribution in [0.1, 0.15) is 29.2 Å². The Morgan fingerprint density at radius 1 is 1.17 bits per heavy atom. The standard InChI is InChI=1S/C22H21Cl2N3O3/c23-15-10-16(24)21-17(11-15)26-19(22(29)30)12-18(21)27-20(28)9-14-6-4-13(5-7-14)3-1-2-8-25/h4-7,10-11,18-19,26H,3,8-9,12,25H2,(H,27,28)(H,29,30). The Morgan fingerprint density at radius 2 is 1.87 bits per heavy atom. The molecule has 2 unspecified atom stereocenters. The normalized spacial score (nSPS) is 17.2. The fraction of sp³-hybridized carbons (Fsp3) is 0.273. The van der Waals surface area contributed by atoms with Gasteiger partial charge >= 0.3 is 5.97 Å². The highest BCUT2D eigenvalue weighted by atomic mass is 35.5. The zero-order valence-corrected chi connectivity index (χ0v) is 17.6. The van der Waals surface area contributed by atoms with E-state index in [1.165, 1.54) is 0 Å². The molecular formula is C22H21Cl2N3O3. The van der Waals surface area contributed by atoms with Crippen LogP contribution in [0.15, 0.2) is 36.4 Å². The second-order valence-corrected chi connectivity index (χ2v) is 7.81. The van der Waals surface area contributed by atoms with E-state index >= 15 is 0 Å². The van der Waals surface area contributed by atoms with Crippen LogP contribution in [0.3, 0.4) is 0 Å². The van der Waals surface area contributed by atoms with E-state index < -0.39 is 18.1 Å². The first-order valence-corrected chi connectivity index (χ1v) is 10.1. The smallest absolute Gasteiger partial charge is 0.326 e. The number of aliphatic carboxylic acids is 1. The van der Waals surface area contributed by atoms with Gasteiger partial charge in [-0.2, -0.15) is 0 Å². The number of hydrogen-bond acceptors (Lipinski definition) is 4. The minimum atomic E-state index is -1.01. The monoisotopic (exact) mass is 445 g/mol. The summed E-state index contributed by atoms with van der Waals surface area (Å²) in [5, 5.41) is 16.0. The molecule has 3 rings (SSSR count). The molecular weight excluding hydrogens is 425 g/mol. The Morgan fingerprint density at radius 3 is 2.53 bits per heavy atom. The molecule has 0 saturated carbocycles. The fourth-order valence-corrected chi connectivity index (χ4v) is 4.02. The van der Waals surface area contributed by atoms with Crippen LogP contribution in [-0.4, -0.2) is 29.6 Å². The molecule has 0 spiro atoms. The van der Waals surface area contributed by atoms with Gasteiger partial charge in [-0.1, -0.05) is 59.3 Å². The molecule has 0 saturated heterocycles. The molecule has 8 heteroatoms. The van der Waals surface area contributed by atoms with E-state index in [1.54, 1.807) is 12.1 Å². The predicted octanol–water partition coefficient (Wildman–Crippen LogP) is 3.17. The van der Waals surface area contributed by atoms with Crippen LogP contribution in [-0.2, 0) is 22.4 Å². The van der Waals surface area contributed by atoms with Crippen LogP contribution >= 0.6 is 23.2 Å². The first-order valence-electron chi connectivity index (χ1n) is 9.38. The maximum atomic E-state index is 12.7. The van der Waals surface area contributed by atoms with Crippen molar-refractivity contribution in [1.82, 2.24) is 5.32 Å². The Kier molecular flexibility index (Phi) is 7.22. The lowest BCUT2D eigenvalue weighted by Crippen LogP contribution is -2.41. The number of benzene rings is 2. The molecule has 1 amide bonds. The summed E-state index contributed by atoms with van der Waals surface area (Å²) in [4.78, 5) is 24.2. The Labute approximate surface area is 184 Å². The molecule has 0 bridgehead atoms. The number of fused-ring (bicyclic) bond motifs is 1. The van der Waals surface area contributed by atoms with Gasteiger partial charge in [0.2, 0.25) is 5.91 Å². The number of nitrogens with one attached hydrogen (secondary N) is 2. The van der Waals surface area contributed by atoms with E-state index in [9.17, 15) is 14.7 Å². The second-order valence-electron chi connectivity index (χ2n) is 6.97. The molecule has 2 atom stereocenters. The van der Waals surface area contributed by atoms with Gasteiger partial charge < -0.3 is 21.5 Å². The first-order chi connectivity index (χ1) is 14.4. The van der Waals surface area contributed by atoms with Crippen LogP contribution in [0.5, 0.6) is 0 Å². The topological polar surface area (TPSA) is 104 Å². The highest BCUT2D eigenvalue weighted by molar-refractivity contribution is 6.35. The second kappa shape index (κ2) is 9.86. The van der Waals surface area contributed by atoms with E-state index in [-0.39, 0.29) is 18.7 Å². The predicted molar refractivity (Wildman–Crippen MR) is 118 cm³/mol. The van der Waals surface area contributed by atoms with Gasteiger partial charge in [0.1, 0.15) is 6.04 Å². The molecule has 0 aromatic heterocycles. The molecule has 2 aromatic carbocycles. The summed E-state index contributed by atoms with van der Waals surface area (Å²) >= 11 is 12.4. The van der Waals surface area contributed by atoms with Gasteiger partial charge in [0, 0.05) is 34.1 Å². The number of anilines is 1. The quantitative estimate of drug-likeness (QED) is 0.529. The molecule has 30 heavy (non-hydrogen) atoms. The largest absolute Gasteiger partial charge is 0.480 e. The number of carbonyl (C=O) groups excluding carboxylic acids is 1. The van der Waals surface area contributed by atoms with Crippen LogP contribution < -0.4 is 16.4 Å². The fourth-order valence-electron chi connectivity index (χ4n) is 3.39. The molecule has 0 aliphatic carbocycles. The average molecular weight is 446 g/mol. The highest BCUT2D eigenvalue weighted by Crippen LogP contribution is 2.39. The zero-order valence-electron chi connectivity index (χ0n) is 16.0. The molecule has 6 nitrogen and oxygen atoms in total. The van der Waals surface area contributed by atoms with Crippen molar-refractivity contribution in [3.63, 3.8) is 0 Å². The van der Waals surface area contributed by atoms with E-state index in [1.807, 2.05) is 24.3 Å². The number of carboxylic acid groups (broad SMARTS) is 1. The number of carbonyl (C=O) groups is 2. The minimum absolute atomic E-state index is 0.164. The summed E-state index contributed by atoms with van der Waals surface area (Å²) in [5.74, 6) is 4.55. The lowest BCUT2D eigenvalue weighted by molar-refractivity contribution is -0.138. The third-order valence-electron chi connectivity index (χ3n) is 4.78. The van der Waals surface area contributed by atoms with Gasteiger partial charge in [0.15, 0.2) is 0 Å². The maximum Gasteiger partial charge on any atom is 0.326 e. The van der Waals surface area contributed by atoms with E-state index in [4.69, 9.17) is 28.9 Å². The van der Waals surface area contributed by atoms with Crippen molar-refractivity contribution in [3.8, 4) is 11.8 Å². The van der Waals surface area contributed by atoms with E-state index in [0.717, 1.165) is 11.1 Å². The summed E-state index contributed by atoms with van der Waals surface area (Å²) in [7, 11) is 0. The van der Waals surface area contributed by atoms with Crippen LogP contribution in [0.25, 0.3) is 0 Å². The lowest BCUT2D eigenvalue weighted by Gasteiger charge is -2.32. The number of amides is 1. The SMILES string of the molecule is NCC#CCc1ccc(CC(=O)NC2CC(C(=O)O)Nc3cc(Cl)cc(Cl)c32)cc1. The maximum absolute atomic E-state index is 12.7. The van der Waals surface area contributed by atoms with Crippen LogP contribution in [0.4, 0.5) is 5.69 Å². The Bertz CT molecular complexity index is 1010. The first kappa shape index (κ1) is 22.0. The molecule has 0 radical (unpaired) electrons. The van der Waals surface area contributed by atoms with Crippen molar-refractivity contribution in [1.29, 1.82) is 0 Å². The molecule has 0 fully saturated rings. The van der Waals surface area contributed by atoms with E-state index in [0.29, 0.717) is 34.3 Å². The van der Waals surface area contributed by atoms with Gasteiger partial charge in [-0.25, -0.2) is 4.79 Å². The summed E-state index contributed by atoms with van der Waals surface area (Å²) in [6.07, 6.45) is 0.943. The van der Waals surface area contributed by atoms with Crippen molar-refractivity contribution in [2.24, 2.45) is 5.73 Å². The summed E-state index contributed by atoms with van der Waals surface area (Å²) in [6, 6.07) is 9.40. The van der Waals surface area contributed by atoms with Crippen LogP contribution in [0, 0.1) is 11.8 Å². The van der Waals surface area contributed by atoms with Gasteiger partial charge in [-0.3, -0.25) is 4.79 Å². The number of rotatable bonds is 5. The molecule has 1 aliphatic rings. The average Bonchev–Trinajstić information content (AvgIpc) is 2.68. The molecule has 1 aliphatic heterocycles. The Hall–Kier alpha value is -2.72. The third kappa shape index (κ3) is 5.45. The minimum Gasteiger partial charge on any atom is -0.480 e. The summed E-state index contributed by atoms with van der Waals surface area (Å²) in [6.45, 7) is 0.330. The summed E-state index contributed by atoms with van der Waals surface area (Å²) < 4.78 is 0. The third-order valence-corrected chi connectivity index (χ3v) is 5.32. The number of hydrogen-bond donors (Lipinski definition) is 4. The van der Waals surface area contributed by atoms with Crippen molar-refractivity contribution in [2.45, 2.75) is 31.3 Å². The van der Waals surface area contributed by atoms with Gasteiger partial charge in [0.05, 0.1) is 19.0 Å². The van der Waals surface area contributed by atoms with Gasteiger partial charge in [-0.05, 0) is 23.3 Å². The Balaban J connectivity index is 1.72. The van der Waals surface area contributed by atoms with Crippen molar-refractivity contribution in [3.05, 3.63) is 63.1 Å². The number of nitrogens with two attached hydrogens (primary N) is 1. The number of carboxylic acids is 1. The van der Waals surface area contributed by atoms with E-state index in [2.05, 4.69) is 22.5 Å². The number of halogens is 2. The van der Waals surface area contributed by atoms with Crippen molar-refractivity contribution < 1.29 is 14.7 Å². The molecule has 1 heterocycles. The lowest BCUT2D eigenvalue weighted by atomic mass is 9.92. The molecule has 156 valence electrons. The van der Waals surface area contributed by atoms with Crippen LogP contribution in [0.2, 0.25) is 10.0 Å². The van der Waals surface area contributed by atoms with Gasteiger partial charge in [0.25, 0.3) is 0 Å². The molecule has 5 N–H and O–H groups in total. The zero-order chi connectivity index (χ0) is 21.7. The van der Waals surface area contributed by atoms with Crippen molar-refractivity contribution in [2.75, 3.05) is 11.9 Å². The highest BCUT2D eigenvalue weighted by Gasteiger charge is 2.33. The molecule has 2 aromatic rings. The van der Waals surface area contributed by atoms with Gasteiger partial charge in [-0.15, -0.1) is 0 Å². The summed E-state index contributed by atoms with van der Waals surface area (Å²) in [5.41, 5.74) is 8.39.